The lowest BCUT2D eigenvalue weighted by Crippen LogP contribution is -2.44. The number of fused-ring (bicyclic) bond motifs is 1. The second kappa shape index (κ2) is 9.25. The number of alkyl halides is 3. The molecule has 0 bridgehead atoms. The predicted molar refractivity (Wildman–Crippen MR) is 141 cm³/mol. The van der Waals surface area contributed by atoms with E-state index in [4.69, 9.17) is 9.63 Å². The number of aromatic nitrogens is 2. The van der Waals surface area contributed by atoms with Gasteiger partial charge in [-0.3, -0.25) is 0 Å². The van der Waals surface area contributed by atoms with E-state index < -0.39 is 17.9 Å². The minimum absolute atomic E-state index is 0.00918. The summed E-state index contributed by atoms with van der Waals surface area (Å²) < 4.78 is 46.1. The van der Waals surface area contributed by atoms with Gasteiger partial charge in [0.2, 0.25) is 5.76 Å². The zero-order valence-electron chi connectivity index (χ0n) is 21.3. The Morgan fingerprint density at radius 1 is 1.08 bits per heavy atom. The number of carboxylic acids is 1. The van der Waals surface area contributed by atoms with Gasteiger partial charge in [-0.05, 0) is 73.9 Å². The number of hydrogen-bond donors (Lipinski definition) is 1. The summed E-state index contributed by atoms with van der Waals surface area (Å²) in [6.07, 6.45) is 0.419. The van der Waals surface area contributed by atoms with Crippen molar-refractivity contribution in [2.45, 2.75) is 38.8 Å². The van der Waals surface area contributed by atoms with Crippen molar-refractivity contribution in [1.82, 2.24) is 10.1 Å². The van der Waals surface area contributed by atoms with Crippen LogP contribution in [0.2, 0.25) is 0 Å². The van der Waals surface area contributed by atoms with E-state index in [9.17, 15) is 18.0 Å². The van der Waals surface area contributed by atoms with Crippen LogP contribution < -0.4 is 4.90 Å². The van der Waals surface area contributed by atoms with Gasteiger partial charge in [-0.15, -0.1) is 0 Å². The highest BCUT2D eigenvalue weighted by Crippen LogP contribution is 2.54. The first-order valence-electron chi connectivity index (χ1n) is 12.8. The topological polar surface area (TPSA) is 79.5 Å². The average molecular weight is 534 g/mol. The van der Waals surface area contributed by atoms with Crippen molar-refractivity contribution < 1.29 is 27.6 Å². The van der Waals surface area contributed by atoms with Crippen LogP contribution >= 0.6 is 0 Å². The highest BCUT2D eigenvalue weighted by atomic mass is 19.4. The summed E-state index contributed by atoms with van der Waals surface area (Å²) in [5.74, 6) is -2.11. The molecule has 39 heavy (non-hydrogen) atoms. The third kappa shape index (κ3) is 4.66. The molecule has 1 saturated heterocycles. The second-order valence-electron chi connectivity index (χ2n) is 10.6. The smallest absolute Gasteiger partial charge is 0.453 e. The van der Waals surface area contributed by atoms with Gasteiger partial charge < -0.3 is 14.5 Å². The molecule has 1 saturated carbocycles. The van der Waals surface area contributed by atoms with Crippen molar-refractivity contribution in [3.8, 4) is 11.3 Å². The normalized spacial score (nSPS) is 16.9. The van der Waals surface area contributed by atoms with Crippen LogP contribution in [0.3, 0.4) is 0 Å². The number of benzene rings is 2. The molecule has 2 fully saturated rings. The third-order valence-corrected chi connectivity index (χ3v) is 8.02. The maximum absolute atomic E-state index is 13.8. The minimum atomic E-state index is -4.63. The van der Waals surface area contributed by atoms with Crippen molar-refractivity contribution in [3.63, 3.8) is 0 Å². The fraction of sp³-hybridized carbons (Fsp3) is 0.300. The average Bonchev–Trinajstić information content (AvgIpc) is 3.32. The summed E-state index contributed by atoms with van der Waals surface area (Å²) in [7, 11) is 0. The largest absolute Gasteiger partial charge is 0.477 e. The maximum atomic E-state index is 13.8. The molecular weight excluding hydrogens is 507 g/mol. The van der Waals surface area contributed by atoms with Gasteiger partial charge in [0.15, 0.2) is 0 Å². The van der Waals surface area contributed by atoms with E-state index in [1.54, 1.807) is 24.3 Å². The maximum Gasteiger partial charge on any atom is 0.453 e. The minimum Gasteiger partial charge on any atom is -0.477 e. The molecule has 6 rings (SSSR count). The van der Waals surface area contributed by atoms with Crippen LogP contribution in [0.25, 0.3) is 28.2 Å². The number of aromatic carboxylic acids is 1. The van der Waals surface area contributed by atoms with E-state index in [0.29, 0.717) is 11.1 Å². The number of allylic oxidation sites excluding steroid dienone is 1. The van der Waals surface area contributed by atoms with Crippen LogP contribution in [-0.2, 0) is 6.18 Å². The van der Waals surface area contributed by atoms with Crippen molar-refractivity contribution in [2.75, 3.05) is 18.0 Å². The SMILES string of the molecule is Cc1ccccc1-c1noc(C(F)(F)F)c1C=C1CC2(CCN(c3ccc4nc(C(=O)O)ccc4c3)CC2)C1. The standard InChI is InChI=1S/C30H26F3N3O3/c1-18-4-2-3-5-22(18)26-23(27(39-35-26)30(31,32)33)14-19-16-29(17-19)10-12-36(13-11-29)21-7-9-24-20(15-21)6-8-25(34-24)28(37)38/h2-9,14-15H,10-13,16-17H2,1H3,(H,37,38). The molecule has 0 amide bonds. The Hall–Kier alpha value is -4.14. The van der Waals surface area contributed by atoms with Gasteiger partial charge in [-0.25, -0.2) is 9.78 Å². The first-order valence-corrected chi connectivity index (χ1v) is 12.8. The summed E-state index contributed by atoms with van der Waals surface area (Å²) in [5, 5.41) is 13.9. The zero-order valence-corrected chi connectivity index (χ0v) is 21.3. The van der Waals surface area contributed by atoms with Crippen LogP contribution in [0.5, 0.6) is 0 Å². The molecule has 2 aromatic carbocycles. The van der Waals surface area contributed by atoms with Crippen LogP contribution in [0.15, 0.2) is 64.7 Å². The number of pyridine rings is 1. The fourth-order valence-electron chi connectivity index (χ4n) is 5.91. The van der Waals surface area contributed by atoms with Gasteiger partial charge in [0.05, 0.1) is 11.1 Å². The van der Waals surface area contributed by atoms with Gasteiger partial charge in [-0.2, -0.15) is 13.2 Å². The van der Waals surface area contributed by atoms with Crippen molar-refractivity contribution in [1.29, 1.82) is 0 Å². The molecule has 1 aliphatic heterocycles. The number of carbonyl (C=O) groups is 1. The number of piperidine rings is 1. The van der Waals surface area contributed by atoms with E-state index >= 15 is 0 Å². The van der Waals surface area contributed by atoms with Gasteiger partial charge >= 0.3 is 12.1 Å². The molecule has 9 heteroatoms. The van der Waals surface area contributed by atoms with Crippen molar-refractivity contribution >= 4 is 28.6 Å². The molecule has 2 aromatic heterocycles. The highest BCUT2D eigenvalue weighted by molar-refractivity contribution is 5.90. The van der Waals surface area contributed by atoms with Crippen LogP contribution in [0, 0.1) is 12.3 Å². The van der Waals surface area contributed by atoms with E-state index in [1.165, 1.54) is 6.07 Å². The Labute approximate surface area is 222 Å². The predicted octanol–water partition coefficient (Wildman–Crippen LogP) is 7.38. The van der Waals surface area contributed by atoms with Gasteiger partial charge in [-0.1, -0.05) is 41.1 Å². The molecule has 1 N–H and O–H groups in total. The summed E-state index contributed by atoms with van der Waals surface area (Å²) in [4.78, 5) is 17.7. The molecule has 6 nitrogen and oxygen atoms in total. The lowest BCUT2D eigenvalue weighted by molar-refractivity contribution is -0.155. The zero-order chi connectivity index (χ0) is 27.4. The number of anilines is 1. The molecular formula is C30H26F3N3O3. The quantitative estimate of drug-likeness (QED) is 0.295. The summed E-state index contributed by atoms with van der Waals surface area (Å²) in [6.45, 7) is 3.53. The van der Waals surface area contributed by atoms with Crippen LogP contribution in [0.1, 0.15) is 53.1 Å². The molecule has 0 atom stereocenters. The van der Waals surface area contributed by atoms with Crippen LogP contribution in [0.4, 0.5) is 18.9 Å². The Bertz CT molecular complexity index is 1600. The van der Waals surface area contributed by atoms with Gasteiger partial charge in [0.1, 0.15) is 11.4 Å². The summed E-state index contributed by atoms with van der Waals surface area (Å²) in [5.41, 5.74) is 4.49. The molecule has 0 unspecified atom stereocenters. The molecule has 1 aliphatic carbocycles. The van der Waals surface area contributed by atoms with E-state index in [1.807, 2.05) is 37.3 Å². The van der Waals surface area contributed by atoms with E-state index in [2.05, 4.69) is 15.0 Å². The molecule has 3 heterocycles. The number of nitrogens with zero attached hydrogens (tertiary/aromatic N) is 3. The van der Waals surface area contributed by atoms with Crippen LogP contribution in [-0.4, -0.2) is 34.3 Å². The highest BCUT2D eigenvalue weighted by Gasteiger charge is 2.44. The lowest BCUT2D eigenvalue weighted by Gasteiger charge is -2.50. The number of carboxylic acid groups (broad SMARTS) is 1. The molecule has 4 aromatic rings. The number of halogens is 3. The Balaban J connectivity index is 1.18. The third-order valence-electron chi connectivity index (χ3n) is 8.02. The first kappa shape index (κ1) is 25.2. The number of aryl methyl sites for hydroxylation is 1. The first-order chi connectivity index (χ1) is 18.6. The van der Waals surface area contributed by atoms with Gasteiger partial charge in [0.25, 0.3) is 0 Å². The van der Waals surface area contributed by atoms with Crippen molar-refractivity contribution in [2.24, 2.45) is 5.41 Å². The van der Waals surface area contributed by atoms with Gasteiger partial charge in [0, 0.05) is 29.7 Å². The van der Waals surface area contributed by atoms with E-state index in [0.717, 1.165) is 61.0 Å². The summed E-state index contributed by atoms with van der Waals surface area (Å²) >= 11 is 0. The molecule has 0 radical (unpaired) electrons. The van der Waals surface area contributed by atoms with Crippen molar-refractivity contribution in [3.05, 3.63) is 82.8 Å². The molecule has 2 aliphatic rings. The summed E-state index contributed by atoms with van der Waals surface area (Å²) in [6, 6.07) is 16.3. The van der Waals surface area contributed by atoms with E-state index in [-0.39, 0.29) is 22.4 Å². The number of hydrogen-bond acceptors (Lipinski definition) is 5. The Kier molecular flexibility index (Phi) is 5.97. The molecule has 200 valence electrons. The number of rotatable bonds is 4. The fourth-order valence-corrected chi connectivity index (χ4v) is 5.91. The Morgan fingerprint density at radius 3 is 2.51 bits per heavy atom. The molecule has 1 spiro atoms. The monoisotopic (exact) mass is 533 g/mol. The lowest BCUT2D eigenvalue weighted by atomic mass is 9.60. The Morgan fingerprint density at radius 2 is 1.82 bits per heavy atom. The second-order valence-corrected chi connectivity index (χ2v) is 10.6.